The molecule has 1 fully saturated rings. The second kappa shape index (κ2) is 4.58. The van der Waals surface area contributed by atoms with Crippen molar-refractivity contribution < 1.29 is 4.42 Å². The van der Waals surface area contributed by atoms with E-state index in [0.717, 1.165) is 30.4 Å². The highest BCUT2D eigenvalue weighted by Crippen LogP contribution is 2.43. The smallest absolute Gasteiger partial charge is 0.208 e. The minimum atomic E-state index is 0.566. The van der Waals surface area contributed by atoms with Crippen LogP contribution in [-0.2, 0) is 6.54 Å². The maximum Gasteiger partial charge on any atom is 0.208 e. The Kier molecular flexibility index (Phi) is 3.33. The maximum atomic E-state index is 5.54. The van der Waals surface area contributed by atoms with Gasteiger partial charge in [-0.2, -0.15) is 0 Å². The lowest BCUT2D eigenvalue weighted by Gasteiger charge is -2.41. The van der Waals surface area contributed by atoms with Crippen LogP contribution in [0, 0.1) is 19.3 Å². The molecule has 1 heterocycles. The first kappa shape index (κ1) is 11.6. The van der Waals surface area contributed by atoms with Gasteiger partial charge in [-0.15, -0.1) is 0 Å². The molecule has 2 rings (SSSR count). The minimum Gasteiger partial charge on any atom is -0.444 e. The fourth-order valence-electron chi connectivity index (χ4n) is 2.38. The average molecular weight is 222 g/mol. The topological polar surface area (TPSA) is 38.1 Å². The molecule has 1 aromatic heterocycles. The molecule has 0 aliphatic heterocycles. The van der Waals surface area contributed by atoms with Crippen molar-refractivity contribution in [3.05, 3.63) is 17.3 Å². The average Bonchev–Trinajstić information content (AvgIpc) is 2.51. The molecule has 0 saturated heterocycles. The highest BCUT2D eigenvalue weighted by Gasteiger charge is 2.34. The van der Waals surface area contributed by atoms with Gasteiger partial charge in [0, 0.05) is 6.54 Å². The van der Waals surface area contributed by atoms with E-state index in [4.69, 9.17) is 4.42 Å². The van der Waals surface area contributed by atoms with Gasteiger partial charge < -0.3 is 9.73 Å². The van der Waals surface area contributed by atoms with Crippen LogP contribution in [0.25, 0.3) is 0 Å². The van der Waals surface area contributed by atoms with Crippen LogP contribution in [0.2, 0.25) is 0 Å². The minimum absolute atomic E-state index is 0.566. The summed E-state index contributed by atoms with van der Waals surface area (Å²) < 4.78 is 5.54. The number of rotatable bonds is 5. The molecule has 16 heavy (non-hydrogen) atoms. The normalized spacial score (nSPS) is 18.4. The lowest BCUT2D eigenvalue weighted by molar-refractivity contribution is 0.122. The predicted molar refractivity (Wildman–Crippen MR) is 64.3 cm³/mol. The molecule has 3 heteroatoms. The van der Waals surface area contributed by atoms with Crippen LogP contribution in [0.1, 0.15) is 50.0 Å². The summed E-state index contributed by atoms with van der Waals surface area (Å²) in [5.41, 5.74) is 1.57. The molecule has 1 N–H and O–H groups in total. The summed E-state index contributed by atoms with van der Waals surface area (Å²) >= 11 is 0. The summed E-state index contributed by atoms with van der Waals surface area (Å²) in [4.78, 5) is 4.37. The van der Waals surface area contributed by atoms with E-state index in [0.29, 0.717) is 5.41 Å². The molecular weight excluding hydrogens is 200 g/mol. The molecule has 0 spiro atoms. The van der Waals surface area contributed by atoms with Gasteiger partial charge >= 0.3 is 0 Å². The lowest BCUT2D eigenvalue weighted by atomic mass is 9.67. The van der Waals surface area contributed by atoms with Crippen LogP contribution in [0.5, 0.6) is 0 Å². The number of hydrogen-bond donors (Lipinski definition) is 1. The zero-order valence-electron chi connectivity index (χ0n) is 10.6. The number of nitrogens with one attached hydrogen (secondary N) is 1. The Morgan fingerprint density at radius 3 is 2.56 bits per heavy atom. The molecule has 1 saturated carbocycles. The fourth-order valence-corrected chi connectivity index (χ4v) is 2.38. The van der Waals surface area contributed by atoms with Crippen LogP contribution in [0.4, 0.5) is 0 Å². The Bertz CT molecular complexity index is 328. The molecule has 0 amide bonds. The van der Waals surface area contributed by atoms with E-state index in [9.17, 15) is 0 Å². The first-order chi connectivity index (χ1) is 7.65. The summed E-state index contributed by atoms with van der Waals surface area (Å²) in [6.45, 7) is 8.10. The van der Waals surface area contributed by atoms with Crippen molar-refractivity contribution >= 4 is 0 Å². The van der Waals surface area contributed by atoms with Crippen molar-refractivity contribution in [3.8, 4) is 0 Å². The molecule has 0 unspecified atom stereocenters. The van der Waals surface area contributed by atoms with Crippen LogP contribution in [0.3, 0.4) is 0 Å². The Hall–Kier alpha value is -0.830. The van der Waals surface area contributed by atoms with Gasteiger partial charge in [-0.05, 0) is 38.5 Å². The highest BCUT2D eigenvalue weighted by molar-refractivity contribution is 5.05. The van der Waals surface area contributed by atoms with Crippen molar-refractivity contribution in [2.75, 3.05) is 6.54 Å². The molecular formula is C13H22N2O. The van der Waals surface area contributed by atoms with E-state index < -0.39 is 0 Å². The summed E-state index contributed by atoms with van der Waals surface area (Å²) in [5, 5.41) is 3.48. The standard InChI is InChI=1S/C13H22N2O/c1-4-13(6-5-7-13)9-14-8-12-15-10(2)11(3)16-12/h14H,4-9H2,1-3H3. The first-order valence-corrected chi connectivity index (χ1v) is 6.29. The monoisotopic (exact) mass is 222 g/mol. The second-order valence-electron chi connectivity index (χ2n) is 5.06. The third kappa shape index (κ3) is 2.29. The zero-order chi connectivity index (χ0) is 11.6. The fraction of sp³-hybridized carbons (Fsp3) is 0.769. The Morgan fingerprint density at radius 1 is 1.38 bits per heavy atom. The van der Waals surface area contributed by atoms with E-state index in [1.54, 1.807) is 0 Å². The van der Waals surface area contributed by atoms with Gasteiger partial charge in [0.25, 0.3) is 0 Å². The Balaban J connectivity index is 1.79. The van der Waals surface area contributed by atoms with Gasteiger partial charge in [0.15, 0.2) is 0 Å². The molecule has 3 nitrogen and oxygen atoms in total. The van der Waals surface area contributed by atoms with Crippen molar-refractivity contribution in [2.45, 2.75) is 53.0 Å². The first-order valence-electron chi connectivity index (χ1n) is 6.29. The van der Waals surface area contributed by atoms with Gasteiger partial charge in [-0.1, -0.05) is 13.3 Å². The summed E-state index contributed by atoms with van der Waals surface area (Å²) in [7, 11) is 0. The van der Waals surface area contributed by atoms with Gasteiger partial charge in [-0.25, -0.2) is 4.98 Å². The largest absolute Gasteiger partial charge is 0.444 e. The van der Waals surface area contributed by atoms with Crippen LogP contribution in [0.15, 0.2) is 4.42 Å². The Morgan fingerprint density at radius 2 is 2.12 bits per heavy atom. The lowest BCUT2D eigenvalue weighted by Crippen LogP contribution is -2.39. The van der Waals surface area contributed by atoms with Gasteiger partial charge in [0.05, 0.1) is 12.2 Å². The number of aryl methyl sites for hydroxylation is 2. The summed E-state index contributed by atoms with van der Waals surface area (Å²) in [6.07, 6.45) is 5.43. The molecule has 0 bridgehead atoms. The van der Waals surface area contributed by atoms with E-state index in [-0.39, 0.29) is 0 Å². The van der Waals surface area contributed by atoms with Crippen LogP contribution < -0.4 is 5.32 Å². The molecule has 1 aliphatic carbocycles. The summed E-state index contributed by atoms with van der Waals surface area (Å²) in [5.74, 6) is 1.76. The molecule has 1 aliphatic rings. The molecule has 90 valence electrons. The molecule has 0 atom stereocenters. The third-order valence-corrected chi connectivity index (χ3v) is 4.01. The van der Waals surface area contributed by atoms with Crippen molar-refractivity contribution in [2.24, 2.45) is 5.41 Å². The van der Waals surface area contributed by atoms with Gasteiger partial charge in [0.2, 0.25) is 5.89 Å². The van der Waals surface area contributed by atoms with Crippen molar-refractivity contribution in [3.63, 3.8) is 0 Å². The van der Waals surface area contributed by atoms with E-state index in [1.165, 1.54) is 25.7 Å². The summed E-state index contributed by atoms with van der Waals surface area (Å²) in [6, 6.07) is 0. The molecule has 0 aromatic carbocycles. The quantitative estimate of drug-likeness (QED) is 0.832. The SMILES string of the molecule is CCC1(CNCc2nc(C)c(C)o2)CCC1. The predicted octanol–water partition coefficient (Wildman–Crippen LogP) is 2.96. The van der Waals surface area contributed by atoms with Crippen molar-refractivity contribution in [1.29, 1.82) is 0 Å². The van der Waals surface area contributed by atoms with E-state index in [1.807, 2.05) is 13.8 Å². The van der Waals surface area contributed by atoms with E-state index in [2.05, 4.69) is 17.2 Å². The van der Waals surface area contributed by atoms with Crippen molar-refractivity contribution in [1.82, 2.24) is 10.3 Å². The number of oxazole rings is 1. The van der Waals surface area contributed by atoms with Crippen LogP contribution >= 0.6 is 0 Å². The highest BCUT2D eigenvalue weighted by atomic mass is 16.4. The number of nitrogens with zero attached hydrogens (tertiary/aromatic N) is 1. The number of hydrogen-bond acceptors (Lipinski definition) is 3. The van der Waals surface area contributed by atoms with E-state index >= 15 is 0 Å². The molecule has 0 radical (unpaired) electrons. The van der Waals surface area contributed by atoms with Crippen LogP contribution in [-0.4, -0.2) is 11.5 Å². The van der Waals surface area contributed by atoms with Gasteiger partial charge in [0.1, 0.15) is 5.76 Å². The van der Waals surface area contributed by atoms with Gasteiger partial charge in [-0.3, -0.25) is 0 Å². The molecule has 1 aromatic rings. The maximum absolute atomic E-state index is 5.54. The number of aromatic nitrogens is 1. The third-order valence-electron chi connectivity index (χ3n) is 4.01. The Labute approximate surface area is 97.6 Å². The zero-order valence-corrected chi connectivity index (χ0v) is 10.6. The second-order valence-corrected chi connectivity index (χ2v) is 5.06.